The molecule has 12 heteroatoms. The summed E-state index contributed by atoms with van der Waals surface area (Å²) in [7, 11) is 0. The van der Waals surface area contributed by atoms with Crippen molar-refractivity contribution >= 4 is 45.7 Å². The number of carboxylic acid groups (broad SMARTS) is 1. The van der Waals surface area contributed by atoms with Crippen LogP contribution in [0.3, 0.4) is 0 Å². The first-order chi connectivity index (χ1) is 17.6. The van der Waals surface area contributed by atoms with Crippen molar-refractivity contribution in [2.45, 2.75) is 44.2 Å². The minimum atomic E-state index is -4.67. The van der Waals surface area contributed by atoms with Crippen LogP contribution in [0.4, 0.5) is 17.6 Å². The number of hydrogen-bond donors (Lipinski definition) is 3. The van der Waals surface area contributed by atoms with Crippen molar-refractivity contribution in [2.24, 2.45) is 5.73 Å². The maximum absolute atomic E-state index is 14.6. The van der Waals surface area contributed by atoms with Gasteiger partial charge in [0.1, 0.15) is 10.6 Å². The van der Waals surface area contributed by atoms with Gasteiger partial charge < -0.3 is 15.8 Å². The predicted octanol–water partition coefficient (Wildman–Crippen LogP) is 6.83. The molecule has 2 unspecified atom stereocenters. The summed E-state index contributed by atoms with van der Waals surface area (Å²) in [5, 5.41) is 11.4. The maximum Gasteiger partial charge on any atom is 0.416 e. The van der Waals surface area contributed by atoms with E-state index in [1.165, 1.54) is 35.7 Å². The van der Waals surface area contributed by atoms with Crippen LogP contribution in [0, 0.1) is 5.82 Å². The maximum atomic E-state index is 14.6. The zero-order valence-corrected chi connectivity index (χ0v) is 21.9. The lowest BCUT2D eigenvalue weighted by Crippen LogP contribution is -2.28. The van der Waals surface area contributed by atoms with Crippen LogP contribution >= 0.6 is 22.9 Å². The van der Waals surface area contributed by atoms with E-state index in [9.17, 15) is 32.3 Å². The van der Waals surface area contributed by atoms with Gasteiger partial charge in [0, 0.05) is 22.4 Å². The average molecular weight is 568 g/mol. The summed E-state index contributed by atoms with van der Waals surface area (Å²) in [5.74, 6) is -6.04. The van der Waals surface area contributed by atoms with Gasteiger partial charge in [-0.2, -0.15) is 13.2 Å². The number of thiazole rings is 1. The molecule has 0 saturated heterocycles. The molecule has 6 nitrogen and oxygen atoms in total. The van der Waals surface area contributed by atoms with Gasteiger partial charge in [-0.1, -0.05) is 50.6 Å². The highest BCUT2D eigenvalue weighted by molar-refractivity contribution is 7.09. The van der Waals surface area contributed by atoms with E-state index in [0.717, 1.165) is 12.1 Å². The summed E-state index contributed by atoms with van der Waals surface area (Å²) in [6.07, 6.45) is -3.30. The van der Waals surface area contributed by atoms with Crippen LogP contribution in [0.1, 0.15) is 70.4 Å². The highest BCUT2D eigenvalue weighted by Gasteiger charge is 2.38. The molecular weight excluding hydrogens is 546 g/mol. The van der Waals surface area contributed by atoms with E-state index in [0.29, 0.717) is 10.7 Å². The topological polar surface area (TPSA) is 109 Å². The number of nitrogens with one attached hydrogen (secondary N) is 1. The van der Waals surface area contributed by atoms with Crippen molar-refractivity contribution in [1.82, 2.24) is 9.97 Å². The molecule has 0 aliphatic carbocycles. The Morgan fingerprint density at radius 3 is 2.42 bits per heavy atom. The van der Waals surface area contributed by atoms with Gasteiger partial charge in [-0.25, -0.2) is 14.2 Å². The number of hydrogen-bond acceptors (Lipinski definition) is 4. The Kier molecular flexibility index (Phi) is 7.04. The fourth-order valence-electron chi connectivity index (χ4n) is 4.35. The summed E-state index contributed by atoms with van der Waals surface area (Å²) in [6, 6.07) is 5.48. The van der Waals surface area contributed by atoms with Crippen LogP contribution in [-0.2, 0) is 16.4 Å². The summed E-state index contributed by atoms with van der Waals surface area (Å²) in [5.41, 5.74) is 4.59. The Hall–Kier alpha value is -3.44. The fourth-order valence-corrected chi connectivity index (χ4v) is 5.75. The Morgan fingerprint density at radius 2 is 1.87 bits per heavy atom. The third kappa shape index (κ3) is 5.00. The number of aromatic carboxylic acids is 1. The number of nitrogens with zero attached hydrogens (tertiary/aromatic N) is 1. The number of fused-ring (bicyclic) bond motifs is 1. The molecule has 0 aliphatic rings. The van der Waals surface area contributed by atoms with Crippen molar-refractivity contribution < 1.29 is 32.3 Å². The Bertz CT molecular complexity index is 1560. The van der Waals surface area contributed by atoms with E-state index in [4.69, 9.17) is 22.3 Å². The molecule has 200 valence electrons. The van der Waals surface area contributed by atoms with Crippen molar-refractivity contribution in [1.29, 1.82) is 0 Å². The number of primary amides is 1. The van der Waals surface area contributed by atoms with Crippen LogP contribution in [0.15, 0.2) is 41.9 Å². The van der Waals surface area contributed by atoms with Gasteiger partial charge in [-0.15, -0.1) is 11.3 Å². The van der Waals surface area contributed by atoms with E-state index in [2.05, 4.69) is 4.98 Å². The van der Waals surface area contributed by atoms with Crippen molar-refractivity contribution in [2.75, 3.05) is 0 Å². The lowest BCUT2D eigenvalue weighted by molar-refractivity contribution is -0.137. The first-order valence-electron chi connectivity index (χ1n) is 11.3. The Balaban J connectivity index is 2.04. The number of H-pyrrole nitrogens is 1. The molecule has 0 saturated carbocycles. The number of alkyl halides is 3. The number of carbonyl (C=O) groups is 2. The zero-order valence-electron chi connectivity index (χ0n) is 20.3. The van der Waals surface area contributed by atoms with Crippen LogP contribution in [-0.4, -0.2) is 27.0 Å². The molecule has 0 radical (unpaired) electrons. The summed E-state index contributed by atoms with van der Waals surface area (Å²) >= 11 is 7.21. The van der Waals surface area contributed by atoms with E-state index in [1.807, 2.05) is 20.8 Å². The van der Waals surface area contributed by atoms with Gasteiger partial charge in [0.05, 0.1) is 33.6 Å². The molecule has 2 aromatic carbocycles. The smallest absolute Gasteiger partial charge is 0.416 e. The van der Waals surface area contributed by atoms with E-state index in [-0.39, 0.29) is 27.4 Å². The Labute approximate surface area is 223 Å². The van der Waals surface area contributed by atoms with Crippen LogP contribution < -0.4 is 5.73 Å². The van der Waals surface area contributed by atoms with Crippen molar-refractivity contribution in [3.63, 3.8) is 0 Å². The second-order valence-electron chi connectivity index (χ2n) is 9.82. The van der Waals surface area contributed by atoms with Crippen LogP contribution in [0.5, 0.6) is 0 Å². The van der Waals surface area contributed by atoms with Crippen LogP contribution in [0.25, 0.3) is 10.9 Å². The standard InChI is InChI=1S/C26H22ClF4N3O3S/c1-25(2,3)16-10-38-23(34-16)18(17(22(32)35)11-5-4-6-12(7-11)26(29,30)31)14-9-33-21-13(14)8-15(27)20(28)19(21)24(36)37/h4-10,17-18,33H,1-3H3,(H2,32,35)(H,36,37). The number of carbonyl (C=O) groups excluding carboxylic acids is 1. The molecule has 2 aromatic heterocycles. The Morgan fingerprint density at radius 1 is 1.18 bits per heavy atom. The number of aromatic amines is 1. The highest BCUT2D eigenvalue weighted by Crippen LogP contribution is 2.45. The number of halogens is 5. The lowest BCUT2D eigenvalue weighted by atomic mass is 9.80. The molecule has 4 N–H and O–H groups in total. The molecule has 0 bridgehead atoms. The molecular formula is C26H22ClF4N3O3S. The number of rotatable bonds is 6. The average Bonchev–Trinajstić information content (AvgIpc) is 3.45. The number of carboxylic acids is 1. The van der Waals surface area contributed by atoms with Gasteiger partial charge >= 0.3 is 12.1 Å². The molecule has 0 aliphatic heterocycles. The minimum Gasteiger partial charge on any atom is -0.478 e. The second kappa shape index (κ2) is 9.70. The number of amides is 1. The number of aromatic nitrogens is 2. The summed E-state index contributed by atoms with van der Waals surface area (Å²) in [6.45, 7) is 5.77. The van der Waals surface area contributed by atoms with Gasteiger partial charge in [-0.3, -0.25) is 4.79 Å². The first kappa shape index (κ1) is 27.6. The predicted molar refractivity (Wildman–Crippen MR) is 136 cm³/mol. The first-order valence-corrected chi connectivity index (χ1v) is 12.5. The largest absolute Gasteiger partial charge is 0.478 e. The van der Waals surface area contributed by atoms with Crippen LogP contribution in [0.2, 0.25) is 5.02 Å². The van der Waals surface area contributed by atoms with Gasteiger partial charge in [0.2, 0.25) is 5.91 Å². The number of nitrogens with two attached hydrogens (primary N) is 1. The molecule has 38 heavy (non-hydrogen) atoms. The molecule has 4 rings (SSSR count). The third-order valence-corrected chi connectivity index (χ3v) is 7.42. The highest BCUT2D eigenvalue weighted by atomic mass is 35.5. The van der Waals surface area contributed by atoms with Gasteiger partial charge in [-0.05, 0) is 23.3 Å². The second-order valence-corrected chi connectivity index (χ2v) is 11.1. The van der Waals surface area contributed by atoms with Crippen molar-refractivity contribution in [3.05, 3.63) is 85.7 Å². The van der Waals surface area contributed by atoms with E-state index in [1.54, 1.807) is 5.38 Å². The SMILES string of the molecule is CC(C)(C)c1csc(C(c2c[nH]c3c(C(=O)O)c(F)c(Cl)cc23)C(C(N)=O)c2cccc(C(F)(F)F)c2)n1. The van der Waals surface area contributed by atoms with E-state index < -0.39 is 51.9 Å². The lowest BCUT2D eigenvalue weighted by Gasteiger charge is -2.25. The minimum absolute atomic E-state index is 0.00847. The monoisotopic (exact) mass is 567 g/mol. The normalized spacial score (nSPS) is 14.0. The quantitative estimate of drug-likeness (QED) is 0.222. The molecule has 2 heterocycles. The van der Waals surface area contributed by atoms with Crippen molar-refractivity contribution in [3.8, 4) is 0 Å². The summed E-state index contributed by atoms with van der Waals surface area (Å²) < 4.78 is 55.2. The third-order valence-electron chi connectivity index (χ3n) is 6.22. The summed E-state index contributed by atoms with van der Waals surface area (Å²) in [4.78, 5) is 32.2. The fraction of sp³-hybridized carbons (Fsp3) is 0.269. The molecule has 2 atom stereocenters. The molecule has 0 fully saturated rings. The zero-order chi connectivity index (χ0) is 28.2. The molecule has 4 aromatic rings. The molecule has 1 amide bonds. The van der Waals surface area contributed by atoms with Gasteiger partial charge in [0.25, 0.3) is 0 Å². The number of benzene rings is 2. The van der Waals surface area contributed by atoms with Gasteiger partial charge in [0.15, 0.2) is 5.82 Å². The van der Waals surface area contributed by atoms with E-state index >= 15 is 0 Å². The molecule has 0 spiro atoms.